The zero-order chi connectivity index (χ0) is 16.1. The standard InChI is InChI=1S/C15H14ClN3O3/c1-10(19(21)15(17)20)2-3-13-4-5-14(22-13)7-11-6-12(16)9-18-8-11/h4-6,8-10,21H,7H2,1H3,(H2,17,20). The molecular weight excluding hydrogens is 306 g/mol. The van der Waals surface area contributed by atoms with Gasteiger partial charge in [0.2, 0.25) is 0 Å². The average molecular weight is 320 g/mol. The van der Waals surface area contributed by atoms with Crippen molar-refractivity contribution >= 4 is 17.6 Å². The number of carbonyl (C=O) groups is 1. The van der Waals surface area contributed by atoms with Gasteiger partial charge in [0.05, 0.1) is 5.02 Å². The van der Waals surface area contributed by atoms with Gasteiger partial charge in [-0.1, -0.05) is 17.5 Å². The highest BCUT2D eigenvalue weighted by Crippen LogP contribution is 2.15. The summed E-state index contributed by atoms with van der Waals surface area (Å²) < 4.78 is 5.56. The van der Waals surface area contributed by atoms with E-state index in [-0.39, 0.29) is 0 Å². The molecule has 0 aromatic carbocycles. The minimum Gasteiger partial charge on any atom is -0.452 e. The number of nitrogens with zero attached hydrogens (tertiary/aromatic N) is 2. The second kappa shape index (κ2) is 6.98. The quantitative estimate of drug-likeness (QED) is 0.516. The zero-order valence-electron chi connectivity index (χ0n) is 11.8. The van der Waals surface area contributed by atoms with Crippen molar-refractivity contribution in [2.24, 2.45) is 5.73 Å². The Hall–Kier alpha value is -2.49. The van der Waals surface area contributed by atoms with Gasteiger partial charge in [-0.3, -0.25) is 10.2 Å². The fraction of sp³-hybridized carbons (Fsp3) is 0.200. The highest BCUT2D eigenvalue weighted by atomic mass is 35.5. The maximum atomic E-state index is 10.8. The molecule has 7 heteroatoms. The maximum absolute atomic E-state index is 10.8. The van der Waals surface area contributed by atoms with Crippen LogP contribution in [0.3, 0.4) is 0 Å². The van der Waals surface area contributed by atoms with Crippen molar-refractivity contribution in [3.8, 4) is 11.8 Å². The van der Waals surface area contributed by atoms with Crippen LogP contribution < -0.4 is 5.73 Å². The molecule has 0 radical (unpaired) electrons. The molecule has 1 unspecified atom stereocenters. The molecule has 0 aliphatic heterocycles. The third kappa shape index (κ3) is 4.25. The summed E-state index contributed by atoms with van der Waals surface area (Å²) in [6.07, 6.45) is 3.81. The summed E-state index contributed by atoms with van der Waals surface area (Å²) in [5, 5.41) is 10.2. The number of carbonyl (C=O) groups excluding carboxylic acids is 1. The first-order valence-corrected chi connectivity index (χ1v) is 6.80. The molecule has 2 aromatic rings. The fourth-order valence-corrected chi connectivity index (χ4v) is 1.92. The van der Waals surface area contributed by atoms with Crippen LogP contribution in [0, 0.1) is 11.8 Å². The van der Waals surface area contributed by atoms with E-state index >= 15 is 0 Å². The van der Waals surface area contributed by atoms with Crippen LogP contribution in [0.1, 0.15) is 24.0 Å². The Bertz CT molecular complexity index is 733. The number of furan rings is 1. The molecule has 22 heavy (non-hydrogen) atoms. The van der Waals surface area contributed by atoms with E-state index < -0.39 is 12.1 Å². The van der Waals surface area contributed by atoms with Crippen molar-refractivity contribution in [2.75, 3.05) is 0 Å². The van der Waals surface area contributed by atoms with Crippen LogP contribution >= 0.6 is 11.6 Å². The first-order chi connectivity index (χ1) is 10.5. The number of halogens is 1. The van der Waals surface area contributed by atoms with Crippen LogP contribution in [0.4, 0.5) is 4.79 Å². The van der Waals surface area contributed by atoms with Gasteiger partial charge >= 0.3 is 6.03 Å². The molecule has 0 aliphatic rings. The number of urea groups is 1. The second-order valence-corrected chi connectivity index (χ2v) is 5.02. The number of amides is 2. The zero-order valence-corrected chi connectivity index (χ0v) is 12.5. The largest absolute Gasteiger partial charge is 0.452 e. The first-order valence-electron chi connectivity index (χ1n) is 6.43. The van der Waals surface area contributed by atoms with E-state index in [4.69, 9.17) is 21.8 Å². The van der Waals surface area contributed by atoms with Gasteiger partial charge < -0.3 is 10.2 Å². The van der Waals surface area contributed by atoms with E-state index in [0.717, 1.165) is 5.56 Å². The average Bonchev–Trinajstić information content (AvgIpc) is 2.91. The fourth-order valence-electron chi connectivity index (χ4n) is 1.72. The van der Waals surface area contributed by atoms with Gasteiger partial charge in [-0.05, 0) is 36.6 Å². The van der Waals surface area contributed by atoms with Gasteiger partial charge in [0.25, 0.3) is 0 Å². The van der Waals surface area contributed by atoms with E-state index in [2.05, 4.69) is 16.8 Å². The summed E-state index contributed by atoms with van der Waals surface area (Å²) in [4.78, 5) is 14.8. The van der Waals surface area contributed by atoms with Crippen LogP contribution in [-0.4, -0.2) is 27.3 Å². The third-order valence-electron chi connectivity index (χ3n) is 2.80. The van der Waals surface area contributed by atoms with Gasteiger partial charge in [-0.15, -0.1) is 0 Å². The molecule has 0 aliphatic carbocycles. The predicted molar refractivity (Wildman–Crippen MR) is 80.3 cm³/mol. The lowest BCUT2D eigenvalue weighted by Crippen LogP contribution is -2.38. The lowest BCUT2D eigenvalue weighted by Gasteiger charge is -2.14. The lowest BCUT2D eigenvalue weighted by molar-refractivity contribution is -0.0536. The van der Waals surface area contributed by atoms with Gasteiger partial charge in [0.1, 0.15) is 11.8 Å². The van der Waals surface area contributed by atoms with Crippen molar-refractivity contribution in [2.45, 2.75) is 19.4 Å². The number of pyridine rings is 1. The molecule has 0 spiro atoms. The molecule has 0 fully saturated rings. The van der Waals surface area contributed by atoms with Crippen molar-refractivity contribution in [1.29, 1.82) is 0 Å². The second-order valence-electron chi connectivity index (χ2n) is 4.58. The number of primary amides is 1. The Balaban J connectivity index is 2.05. The summed E-state index contributed by atoms with van der Waals surface area (Å²) in [6, 6.07) is 3.61. The van der Waals surface area contributed by atoms with E-state index in [1.165, 1.54) is 0 Å². The molecule has 0 saturated heterocycles. The van der Waals surface area contributed by atoms with Gasteiger partial charge in [-0.25, -0.2) is 4.79 Å². The highest BCUT2D eigenvalue weighted by molar-refractivity contribution is 6.30. The van der Waals surface area contributed by atoms with Crippen molar-refractivity contribution in [3.05, 3.63) is 52.7 Å². The number of nitrogens with two attached hydrogens (primary N) is 1. The van der Waals surface area contributed by atoms with E-state index in [1.807, 2.05) is 0 Å². The molecule has 2 heterocycles. The third-order valence-corrected chi connectivity index (χ3v) is 3.01. The maximum Gasteiger partial charge on any atom is 0.339 e. The Kier molecular flexibility index (Phi) is 5.04. The Labute approximate surface area is 132 Å². The van der Waals surface area contributed by atoms with Crippen molar-refractivity contribution in [3.63, 3.8) is 0 Å². The molecule has 2 aromatic heterocycles. The predicted octanol–water partition coefficient (Wildman–Crippen LogP) is 2.43. The first kappa shape index (κ1) is 15.9. The number of rotatable bonds is 3. The van der Waals surface area contributed by atoms with Gasteiger partial charge in [0, 0.05) is 18.8 Å². The summed E-state index contributed by atoms with van der Waals surface area (Å²) in [5.74, 6) is 6.53. The molecule has 3 N–H and O–H groups in total. The van der Waals surface area contributed by atoms with Gasteiger partial charge in [-0.2, -0.15) is 5.06 Å². The number of hydrogen-bond acceptors (Lipinski definition) is 4. The van der Waals surface area contributed by atoms with Crippen LogP contribution in [0.25, 0.3) is 0 Å². The number of hydroxylamine groups is 2. The minimum absolute atomic E-state index is 0.356. The van der Waals surface area contributed by atoms with Crippen molar-refractivity contribution in [1.82, 2.24) is 10.0 Å². The van der Waals surface area contributed by atoms with E-state index in [1.54, 1.807) is 37.5 Å². The number of aromatic nitrogens is 1. The Morgan fingerprint density at radius 3 is 3.00 bits per heavy atom. The van der Waals surface area contributed by atoms with Crippen LogP contribution in [0.15, 0.2) is 35.0 Å². The molecule has 2 rings (SSSR count). The summed E-state index contributed by atoms with van der Waals surface area (Å²) >= 11 is 5.87. The molecule has 2 amide bonds. The van der Waals surface area contributed by atoms with Crippen molar-refractivity contribution < 1.29 is 14.4 Å². The minimum atomic E-state index is -0.963. The van der Waals surface area contributed by atoms with Crippen LogP contribution in [0.5, 0.6) is 0 Å². The Morgan fingerprint density at radius 1 is 1.55 bits per heavy atom. The topological polar surface area (TPSA) is 92.6 Å². The highest BCUT2D eigenvalue weighted by Gasteiger charge is 2.12. The molecule has 0 saturated carbocycles. The monoisotopic (exact) mass is 319 g/mol. The molecule has 114 valence electrons. The number of hydrogen-bond donors (Lipinski definition) is 2. The van der Waals surface area contributed by atoms with Crippen LogP contribution in [0.2, 0.25) is 5.02 Å². The summed E-state index contributed by atoms with van der Waals surface area (Å²) in [6.45, 7) is 1.54. The van der Waals surface area contributed by atoms with E-state index in [0.29, 0.717) is 28.0 Å². The Morgan fingerprint density at radius 2 is 2.32 bits per heavy atom. The van der Waals surface area contributed by atoms with Crippen LogP contribution in [-0.2, 0) is 6.42 Å². The SMILES string of the molecule is CC(C#Cc1ccc(Cc2cncc(Cl)c2)o1)N(O)C(N)=O. The molecule has 6 nitrogen and oxygen atoms in total. The van der Waals surface area contributed by atoms with Gasteiger partial charge in [0.15, 0.2) is 5.76 Å². The summed E-state index contributed by atoms with van der Waals surface area (Å²) in [7, 11) is 0. The lowest BCUT2D eigenvalue weighted by atomic mass is 10.2. The normalized spacial score (nSPS) is 11.4. The summed E-state index contributed by atoms with van der Waals surface area (Å²) in [5.41, 5.74) is 5.86. The molecule has 1 atom stereocenters. The molecular formula is C15H14ClN3O3. The smallest absolute Gasteiger partial charge is 0.339 e. The molecule has 0 bridgehead atoms. The van der Waals surface area contributed by atoms with E-state index in [9.17, 15) is 10.0 Å².